The molecule has 3 N–H and O–H groups in total. The summed E-state index contributed by atoms with van der Waals surface area (Å²) in [4.78, 5) is 14.1. The maximum atomic E-state index is 12.0. The van der Waals surface area contributed by atoms with Gasteiger partial charge in [-0.15, -0.1) is 0 Å². The highest BCUT2D eigenvalue weighted by atomic mass is 16.5. The van der Waals surface area contributed by atoms with Crippen LogP contribution in [0.25, 0.3) is 0 Å². The number of nitrogens with zero attached hydrogens (tertiary/aromatic N) is 1. The minimum Gasteiger partial charge on any atom is -0.495 e. The lowest BCUT2D eigenvalue weighted by atomic mass is 10.2. The van der Waals surface area contributed by atoms with Crippen molar-refractivity contribution >= 4 is 11.6 Å². The largest absolute Gasteiger partial charge is 0.495 e. The van der Waals surface area contributed by atoms with Crippen LogP contribution >= 0.6 is 0 Å². The van der Waals surface area contributed by atoms with E-state index in [2.05, 4.69) is 10.2 Å². The van der Waals surface area contributed by atoms with Gasteiger partial charge in [0.1, 0.15) is 5.75 Å². The molecule has 0 aromatic heterocycles. The Balaban J connectivity index is 1.96. The predicted octanol–water partition coefficient (Wildman–Crippen LogP) is 0.975. The van der Waals surface area contributed by atoms with E-state index in [4.69, 9.17) is 10.5 Å². The fraction of sp³-hybridized carbons (Fsp3) is 0.500. The fourth-order valence-corrected chi connectivity index (χ4v) is 2.32. The number of nitrogens with two attached hydrogens (primary N) is 1. The van der Waals surface area contributed by atoms with Crippen LogP contribution in [0.3, 0.4) is 0 Å². The second-order valence-corrected chi connectivity index (χ2v) is 5.04. The van der Waals surface area contributed by atoms with Crippen molar-refractivity contribution in [2.45, 2.75) is 19.4 Å². The van der Waals surface area contributed by atoms with Gasteiger partial charge in [0.05, 0.1) is 19.3 Å². The van der Waals surface area contributed by atoms with Crippen molar-refractivity contribution in [2.75, 3.05) is 32.1 Å². The van der Waals surface area contributed by atoms with Crippen LogP contribution < -0.4 is 15.8 Å². The van der Waals surface area contributed by atoms with Gasteiger partial charge in [0, 0.05) is 19.1 Å². The summed E-state index contributed by atoms with van der Waals surface area (Å²) in [6, 6.07) is 5.92. The van der Waals surface area contributed by atoms with Gasteiger partial charge in [-0.25, -0.2) is 0 Å². The summed E-state index contributed by atoms with van der Waals surface area (Å²) in [6.45, 7) is 4.04. The van der Waals surface area contributed by atoms with E-state index in [1.807, 2.05) is 25.1 Å². The number of ether oxygens (including phenoxy) is 1. The maximum Gasteiger partial charge on any atom is 0.238 e. The van der Waals surface area contributed by atoms with Gasteiger partial charge in [0.25, 0.3) is 0 Å². The van der Waals surface area contributed by atoms with Crippen LogP contribution in [0.15, 0.2) is 18.2 Å². The summed E-state index contributed by atoms with van der Waals surface area (Å²) in [7, 11) is 1.60. The average Bonchev–Trinajstić information content (AvgIpc) is 2.75. The zero-order valence-corrected chi connectivity index (χ0v) is 11.5. The zero-order valence-electron chi connectivity index (χ0n) is 11.5. The van der Waals surface area contributed by atoms with Crippen LogP contribution in [0.4, 0.5) is 5.69 Å². The average molecular weight is 263 g/mol. The molecule has 5 nitrogen and oxygen atoms in total. The molecule has 1 amide bonds. The number of amides is 1. The lowest BCUT2D eigenvalue weighted by molar-refractivity contribution is -0.117. The van der Waals surface area contributed by atoms with E-state index < -0.39 is 0 Å². The molecule has 104 valence electrons. The number of likely N-dealkylation sites (tertiary alicyclic amines) is 1. The first-order valence-corrected chi connectivity index (χ1v) is 6.51. The molecule has 1 atom stereocenters. The van der Waals surface area contributed by atoms with Crippen molar-refractivity contribution in [1.82, 2.24) is 4.90 Å². The molecule has 2 rings (SSSR count). The van der Waals surface area contributed by atoms with E-state index in [0.717, 1.165) is 30.8 Å². The SMILES string of the molecule is COc1ccc(C)cc1NC(=O)CN1CC[C@@H](N)C1. The molecule has 1 saturated heterocycles. The Bertz CT molecular complexity index is 462. The first-order valence-electron chi connectivity index (χ1n) is 6.51. The minimum absolute atomic E-state index is 0.0296. The van der Waals surface area contributed by atoms with Crippen molar-refractivity contribution in [3.63, 3.8) is 0 Å². The summed E-state index contributed by atoms with van der Waals surface area (Å²) >= 11 is 0. The van der Waals surface area contributed by atoms with Gasteiger partial charge in [-0.1, -0.05) is 6.07 Å². The number of rotatable bonds is 4. The smallest absolute Gasteiger partial charge is 0.238 e. The molecule has 1 aliphatic heterocycles. The Labute approximate surface area is 113 Å². The summed E-state index contributed by atoms with van der Waals surface area (Å²) in [5.41, 5.74) is 7.63. The Morgan fingerprint density at radius 2 is 2.37 bits per heavy atom. The second kappa shape index (κ2) is 6.04. The van der Waals surface area contributed by atoms with Crippen molar-refractivity contribution in [2.24, 2.45) is 5.73 Å². The van der Waals surface area contributed by atoms with Crippen LogP contribution in [0.2, 0.25) is 0 Å². The van der Waals surface area contributed by atoms with E-state index in [9.17, 15) is 4.79 Å². The maximum absolute atomic E-state index is 12.0. The number of hydrogen-bond acceptors (Lipinski definition) is 4. The molecule has 0 aliphatic carbocycles. The van der Waals surface area contributed by atoms with E-state index >= 15 is 0 Å². The highest BCUT2D eigenvalue weighted by molar-refractivity contribution is 5.93. The molecule has 0 saturated carbocycles. The first kappa shape index (κ1) is 13.8. The van der Waals surface area contributed by atoms with Gasteiger partial charge < -0.3 is 15.8 Å². The monoisotopic (exact) mass is 263 g/mol. The minimum atomic E-state index is -0.0296. The normalized spacial score (nSPS) is 19.4. The van der Waals surface area contributed by atoms with Crippen LogP contribution in [-0.4, -0.2) is 43.6 Å². The molecule has 0 radical (unpaired) electrons. The third-order valence-electron chi connectivity index (χ3n) is 3.31. The second-order valence-electron chi connectivity index (χ2n) is 5.04. The molecule has 1 aromatic carbocycles. The van der Waals surface area contributed by atoms with E-state index in [1.165, 1.54) is 0 Å². The standard InChI is InChI=1S/C14H21N3O2/c1-10-3-4-13(19-2)12(7-10)16-14(18)9-17-6-5-11(15)8-17/h3-4,7,11H,5-6,8-9,15H2,1-2H3,(H,16,18)/t11-/m1/s1. The summed E-state index contributed by atoms with van der Waals surface area (Å²) in [6.07, 6.45) is 0.959. The summed E-state index contributed by atoms with van der Waals surface area (Å²) in [5.74, 6) is 0.648. The molecule has 1 heterocycles. The fourth-order valence-electron chi connectivity index (χ4n) is 2.32. The number of nitrogens with one attached hydrogen (secondary N) is 1. The Hall–Kier alpha value is -1.59. The predicted molar refractivity (Wildman–Crippen MR) is 75.4 cm³/mol. The van der Waals surface area contributed by atoms with Crippen LogP contribution in [-0.2, 0) is 4.79 Å². The van der Waals surface area contributed by atoms with Crippen LogP contribution in [0, 0.1) is 6.92 Å². The van der Waals surface area contributed by atoms with Crippen molar-refractivity contribution in [3.05, 3.63) is 23.8 Å². The summed E-state index contributed by atoms with van der Waals surface area (Å²) in [5, 5.41) is 2.90. The quantitative estimate of drug-likeness (QED) is 0.849. The molecule has 1 fully saturated rings. The van der Waals surface area contributed by atoms with Crippen molar-refractivity contribution < 1.29 is 9.53 Å². The highest BCUT2D eigenvalue weighted by Gasteiger charge is 2.21. The third-order valence-corrected chi connectivity index (χ3v) is 3.31. The topological polar surface area (TPSA) is 67.6 Å². The first-order chi connectivity index (χ1) is 9.08. The third kappa shape index (κ3) is 3.68. The zero-order chi connectivity index (χ0) is 13.8. The van der Waals surface area contributed by atoms with E-state index in [-0.39, 0.29) is 11.9 Å². The molecule has 1 aliphatic rings. The van der Waals surface area contributed by atoms with Gasteiger partial charge in [0.15, 0.2) is 0 Å². The van der Waals surface area contributed by atoms with Gasteiger partial charge in [0.2, 0.25) is 5.91 Å². The van der Waals surface area contributed by atoms with Gasteiger partial charge in [-0.05, 0) is 31.0 Å². The number of methoxy groups -OCH3 is 1. The van der Waals surface area contributed by atoms with Crippen LogP contribution in [0.1, 0.15) is 12.0 Å². The molecule has 5 heteroatoms. The number of benzene rings is 1. The molecule has 0 unspecified atom stereocenters. The Morgan fingerprint density at radius 1 is 1.58 bits per heavy atom. The Kier molecular flexibility index (Phi) is 4.39. The summed E-state index contributed by atoms with van der Waals surface area (Å²) < 4.78 is 5.24. The lowest BCUT2D eigenvalue weighted by Gasteiger charge is -2.16. The van der Waals surface area contributed by atoms with Crippen molar-refractivity contribution in [1.29, 1.82) is 0 Å². The number of aryl methyl sites for hydroxylation is 1. The Morgan fingerprint density at radius 3 is 3.00 bits per heavy atom. The number of anilines is 1. The number of carbonyl (C=O) groups is 1. The molecular weight excluding hydrogens is 242 g/mol. The molecule has 19 heavy (non-hydrogen) atoms. The van der Waals surface area contributed by atoms with E-state index in [0.29, 0.717) is 12.3 Å². The molecular formula is C14H21N3O2. The van der Waals surface area contributed by atoms with Gasteiger partial charge in [-0.3, -0.25) is 9.69 Å². The van der Waals surface area contributed by atoms with E-state index in [1.54, 1.807) is 7.11 Å². The van der Waals surface area contributed by atoms with Gasteiger partial charge in [-0.2, -0.15) is 0 Å². The molecule has 0 bridgehead atoms. The van der Waals surface area contributed by atoms with Gasteiger partial charge >= 0.3 is 0 Å². The number of carbonyl (C=O) groups excluding carboxylic acids is 1. The molecule has 1 aromatic rings. The van der Waals surface area contributed by atoms with Crippen molar-refractivity contribution in [3.8, 4) is 5.75 Å². The molecule has 0 spiro atoms. The van der Waals surface area contributed by atoms with Crippen LogP contribution in [0.5, 0.6) is 5.75 Å². The highest BCUT2D eigenvalue weighted by Crippen LogP contribution is 2.25. The lowest BCUT2D eigenvalue weighted by Crippen LogP contribution is -2.33. The number of hydrogen-bond donors (Lipinski definition) is 2.